The van der Waals surface area contributed by atoms with E-state index in [4.69, 9.17) is 28.0 Å². The van der Waals surface area contributed by atoms with E-state index in [9.17, 15) is 19.2 Å². The second kappa shape index (κ2) is 15.0. The van der Waals surface area contributed by atoms with Gasteiger partial charge >= 0.3 is 5.97 Å². The van der Waals surface area contributed by atoms with Crippen molar-refractivity contribution in [1.29, 1.82) is 0 Å². The van der Waals surface area contributed by atoms with Crippen molar-refractivity contribution in [3.05, 3.63) is 0 Å². The Labute approximate surface area is 175 Å². The number of rotatable bonds is 15. The van der Waals surface area contributed by atoms with E-state index in [1.54, 1.807) is 0 Å². The number of nitrogens with two attached hydrogens (primary N) is 4. The lowest BCUT2D eigenvalue weighted by molar-refractivity contribution is -0.138. The third-order valence-corrected chi connectivity index (χ3v) is 4.05. The molecule has 0 aliphatic carbocycles. The van der Waals surface area contributed by atoms with Gasteiger partial charge < -0.3 is 44.0 Å². The van der Waals surface area contributed by atoms with E-state index in [2.05, 4.69) is 20.9 Å². The lowest BCUT2D eigenvalue weighted by Gasteiger charge is -2.22. The van der Waals surface area contributed by atoms with Crippen molar-refractivity contribution in [2.75, 3.05) is 19.6 Å². The third kappa shape index (κ3) is 12.5. The topological polar surface area (TPSA) is 241 Å². The molecule has 0 radical (unpaired) electrons. The highest BCUT2D eigenvalue weighted by Gasteiger charge is 2.26. The first-order valence-corrected chi connectivity index (χ1v) is 9.69. The summed E-state index contributed by atoms with van der Waals surface area (Å²) in [6.07, 6.45) is 2.33. The summed E-state index contributed by atoms with van der Waals surface area (Å²) in [5.41, 5.74) is 21.8. The Bertz CT molecular complexity index is 609. The molecule has 0 bridgehead atoms. The molecule has 0 fully saturated rings. The maximum atomic E-state index is 12.5. The van der Waals surface area contributed by atoms with Gasteiger partial charge in [-0.15, -0.1) is 0 Å². The number of unbranched alkanes of at least 4 members (excludes halogenated alkanes) is 1. The van der Waals surface area contributed by atoms with Crippen LogP contribution in [-0.4, -0.2) is 72.5 Å². The Hall–Kier alpha value is -2.93. The van der Waals surface area contributed by atoms with Crippen molar-refractivity contribution in [1.82, 2.24) is 16.0 Å². The molecule has 0 spiro atoms. The van der Waals surface area contributed by atoms with E-state index in [1.165, 1.54) is 6.92 Å². The molecule has 0 heterocycles. The standard InChI is InChI=1S/C17H34N8O5/c1-10(14(28)23-9-13(26)27)24-16(30)12(6-2-3-7-18)25-15(29)11(19)5-4-8-22-17(20)21/h10-12H,2-9,18-19H2,1H3,(H,23,28)(H,24,30)(H,25,29)(H,26,27)(H4,20,21,22). The highest BCUT2D eigenvalue weighted by molar-refractivity contribution is 5.93. The van der Waals surface area contributed by atoms with Crippen LogP contribution in [0.25, 0.3) is 0 Å². The Balaban J connectivity index is 4.80. The van der Waals surface area contributed by atoms with Crippen LogP contribution in [0.15, 0.2) is 4.99 Å². The summed E-state index contributed by atoms with van der Waals surface area (Å²) in [4.78, 5) is 51.1. The number of nitrogens with one attached hydrogen (secondary N) is 3. The molecule has 0 saturated carbocycles. The van der Waals surface area contributed by atoms with Gasteiger partial charge in [0.05, 0.1) is 6.04 Å². The molecule has 30 heavy (non-hydrogen) atoms. The predicted molar refractivity (Wildman–Crippen MR) is 111 cm³/mol. The molecule has 0 aliphatic rings. The molecular formula is C17H34N8O5. The SMILES string of the molecule is CC(NC(=O)C(CCCCN)NC(=O)C(N)CCCN=C(N)N)C(=O)NCC(=O)O. The van der Waals surface area contributed by atoms with E-state index < -0.39 is 48.4 Å². The molecular weight excluding hydrogens is 396 g/mol. The molecule has 0 saturated heterocycles. The van der Waals surface area contributed by atoms with Crippen molar-refractivity contribution in [2.24, 2.45) is 27.9 Å². The summed E-state index contributed by atoms with van der Waals surface area (Å²) in [5.74, 6) is -3.01. The third-order valence-electron chi connectivity index (χ3n) is 4.05. The maximum absolute atomic E-state index is 12.5. The van der Waals surface area contributed by atoms with Gasteiger partial charge in [-0.3, -0.25) is 24.2 Å². The van der Waals surface area contributed by atoms with Gasteiger partial charge in [-0.25, -0.2) is 0 Å². The van der Waals surface area contributed by atoms with Crippen LogP contribution in [0, 0.1) is 0 Å². The monoisotopic (exact) mass is 430 g/mol. The molecule has 0 aliphatic heterocycles. The maximum Gasteiger partial charge on any atom is 0.322 e. The van der Waals surface area contributed by atoms with Gasteiger partial charge in [0.25, 0.3) is 0 Å². The van der Waals surface area contributed by atoms with E-state index in [0.717, 1.165) is 0 Å². The normalized spacial score (nSPS) is 13.4. The molecule has 13 heteroatoms. The average Bonchev–Trinajstić information content (AvgIpc) is 2.67. The van der Waals surface area contributed by atoms with Crippen molar-refractivity contribution < 1.29 is 24.3 Å². The Morgan fingerprint density at radius 3 is 2.20 bits per heavy atom. The first-order chi connectivity index (χ1) is 14.1. The van der Waals surface area contributed by atoms with Crippen LogP contribution >= 0.6 is 0 Å². The lowest BCUT2D eigenvalue weighted by Crippen LogP contribution is -2.55. The average molecular weight is 431 g/mol. The molecule has 0 rings (SSSR count). The van der Waals surface area contributed by atoms with Crippen LogP contribution in [0.2, 0.25) is 0 Å². The zero-order chi connectivity index (χ0) is 23.1. The summed E-state index contributed by atoms with van der Waals surface area (Å²) >= 11 is 0. The van der Waals surface area contributed by atoms with Crippen LogP contribution < -0.4 is 38.9 Å². The first-order valence-electron chi connectivity index (χ1n) is 9.69. The Morgan fingerprint density at radius 2 is 1.63 bits per heavy atom. The van der Waals surface area contributed by atoms with Gasteiger partial charge in [-0.2, -0.15) is 0 Å². The van der Waals surface area contributed by atoms with Crippen molar-refractivity contribution in [3.8, 4) is 0 Å². The van der Waals surface area contributed by atoms with Gasteiger partial charge in [0.1, 0.15) is 18.6 Å². The largest absolute Gasteiger partial charge is 0.480 e. The summed E-state index contributed by atoms with van der Waals surface area (Å²) in [7, 11) is 0. The minimum Gasteiger partial charge on any atom is -0.480 e. The molecule has 3 unspecified atom stereocenters. The van der Waals surface area contributed by atoms with Gasteiger partial charge in [0, 0.05) is 6.54 Å². The highest BCUT2D eigenvalue weighted by Crippen LogP contribution is 2.04. The number of amides is 3. The highest BCUT2D eigenvalue weighted by atomic mass is 16.4. The number of nitrogens with zero attached hydrogens (tertiary/aromatic N) is 1. The molecule has 3 amide bonds. The number of aliphatic carboxylic acids is 1. The van der Waals surface area contributed by atoms with Crippen LogP contribution in [0.1, 0.15) is 39.0 Å². The number of hydrogen-bond donors (Lipinski definition) is 8. The van der Waals surface area contributed by atoms with Crippen molar-refractivity contribution >= 4 is 29.7 Å². The van der Waals surface area contributed by atoms with E-state index in [0.29, 0.717) is 45.2 Å². The van der Waals surface area contributed by atoms with E-state index in [-0.39, 0.29) is 5.96 Å². The number of carboxylic acids is 1. The summed E-state index contributed by atoms with van der Waals surface area (Å²) < 4.78 is 0. The number of carboxylic acid groups (broad SMARTS) is 1. The number of hydrogen-bond acceptors (Lipinski definition) is 7. The molecule has 13 nitrogen and oxygen atoms in total. The van der Waals surface area contributed by atoms with Gasteiger partial charge in [-0.1, -0.05) is 0 Å². The second-order valence-electron chi connectivity index (χ2n) is 6.74. The fraction of sp³-hybridized carbons (Fsp3) is 0.706. The van der Waals surface area contributed by atoms with Gasteiger partial charge in [0.15, 0.2) is 5.96 Å². The fourth-order valence-electron chi connectivity index (χ4n) is 2.39. The number of guanidine groups is 1. The Kier molecular flexibility index (Phi) is 13.5. The minimum atomic E-state index is -1.21. The summed E-state index contributed by atoms with van der Waals surface area (Å²) in [6, 6.07) is -2.76. The van der Waals surface area contributed by atoms with Gasteiger partial charge in [0.2, 0.25) is 17.7 Å². The second-order valence-corrected chi connectivity index (χ2v) is 6.74. The summed E-state index contributed by atoms with van der Waals surface area (Å²) in [6.45, 7) is 1.60. The van der Waals surface area contributed by atoms with E-state index >= 15 is 0 Å². The quantitative estimate of drug-likeness (QED) is 0.0735. The van der Waals surface area contributed by atoms with Crippen molar-refractivity contribution in [3.63, 3.8) is 0 Å². The predicted octanol–water partition coefficient (Wildman–Crippen LogP) is -3.31. The van der Waals surface area contributed by atoms with E-state index in [1.807, 2.05) is 0 Å². The number of carbonyl (C=O) groups is 4. The van der Waals surface area contributed by atoms with Crippen LogP contribution in [-0.2, 0) is 19.2 Å². The molecule has 0 aromatic carbocycles. The first kappa shape index (κ1) is 27.1. The molecule has 172 valence electrons. The zero-order valence-electron chi connectivity index (χ0n) is 17.2. The summed E-state index contributed by atoms with van der Waals surface area (Å²) in [5, 5.41) is 15.8. The molecule has 0 aromatic heterocycles. The van der Waals surface area contributed by atoms with Crippen molar-refractivity contribution in [2.45, 2.75) is 57.2 Å². The molecule has 3 atom stereocenters. The molecule has 12 N–H and O–H groups in total. The van der Waals surface area contributed by atoms with Gasteiger partial charge in [-0.05, 0) is 45.6 Å². The Morgan fingerprint density at radius 1 is 0.967 bits per heavy atom. The number of carbonyl (C=O) groups excluding carboxylic acids is 3. The smallest absolute Gasteiger partial charge is 0.322 e. The van der Waals surface area contributed by atoms with Crippen LogP contribution in [0.4, 0.5) is 0 Å². The van der Waals surface area contributed by atoms with Crippen LogP contribution in [0.5, 0.6) is 0 Å². The number of aliphatic imine (C=N–C) groups is 1. The minimum absolute atomic E-state index is 0.0498. The zero-order valence-corrected chi connectivity index (χ0v) is 17.2. The lowest BCUT2D eigenvalue weighted by atomic mass is 10.1. The molecule has 0 aromatic rings. The fourth-order valence-corrected chi connectivity index (χ4v) is 2.39. The van der Waals surface area contributed by atoms with Crippen LogP contribution in [0.3, 0.4) is 0 Å².